The molecule has 4 rings (SSSR count). The number of nitrogens with zero attached hydrogens (tertiary/aromatic N) is 1. The minimum Gasteiger partial charge on any atom is -0.441 e. The molecule has 2 amide bonds. The van der Waals surface area contributed by atoms with Crippen molar-refractivity contribution >= 4 is 22.8 Å². The van der Waals surface area contributed by atoms with Gasteiger partial charge in [0, 0.05) is 19.0 Å². The summed E-state index contributed by atoms with van der Waals surface area (Å²) in [5, 5.41) is 15.8. The molecule has 122 valence electrons. The van der Waals surface area contributed by atoms with Gasteiger partial charge in [-0.1, -0.05) is 24.3 Å². The molecule has 24 heavy (non-hydrogen) atoms. The Hall–Kier alpha value is -2.86. The third-order valence-corrected chi connectivity index (χ3v) is 4.24. The predicted octanol–water partition coefficient (Wildman–Crippen LogP) is 2.92. The molecule has 6 heteroatoms. The summed E-state index contributed by atoms with van der Waals surface area (Å²) in [6, 6.07) is 12.3. The number of carbonyl (C=O) groups is 1. The molecule has 0 radical (unpaired) electrons. The Morgan fingerprint density at radius 2 is 2.12 bits per heavy atom. The van der Waals surface area contributed by atoms with Crippen molar-refractivity contribution in [2.24, 2.45) is 0 Å². The van der Waals surface area contributed by atoms with Crippen molar-refractivity contribution in [3.05, 3.63) is 59.5 Å². The zero-order valence-corrected chi connectivity index (χ0v) is 13.1. The fourth-order valence-electron chi connectivity index (χ4n) is 3.18. The van der Waals surface area contributed by atoms with E-state index in [2.05, 4.69) is 15.6 Å². The molecule has 0 bridgehead atoms. The van der Waals surface area contributed by atoms with Gasteiger partial charge in [0.1, 0.15) is 5.52 Å². The number of nitrogens with one attached hydrogen (secondary N) is 2. The Bertz CT molecular complexity index is 919. The van der Waals surface area contributed by atoms with Crippen LogP contribution in [0.1, 0.15) is 23.1 Å². The Balaban J connectivity index is 1.50. The number of hydrogen-bond donors (Lipinski definition) is 3. The molecule has 1 heterocycles. The maximum absolute atomic E-state index is 12.3. The summed E-state index contributed by atoms with van der Waals surface area (Å²) in [4.78, 5) is 16.5. The Labute approximate surface area is 138 Å². The number of aryl methyl sites for hydroxylation is 1. The van der Waals surface area contributed by atoms with Crippen molar-refractivity contribution in [3.8, 4) is 0 Å². The van der Waals surface area contributed by atoms with Gasteiger partial charge in [0.25, 0.3) is 0 Å². The van der Waals surface area contributed by atoms with Gasteiger partial charge in [0.05, 0.1) is 12.1 Å². The second kappa shape index (κ2) is 5.65. The first-order valence-electron chi connectivity index (χ1n) is 7.81. The van der Waals surface area contributed by atoms with Gasteiger partial charge < -0.3 is 20.2 Å². The highest BCUT2D eigenvalue weighted by molar-refractivity contribution is 5.92. The molecule has 0 spiro atoms. The third kappa shape index (κ3) is 2.61. The van der Waals surface area contributed by atoms with Gasteiger partial charge in [-0.25, -0.2) is 9.78 Å². The fraction of sp³-hybridized carbons (Fsp3) is 0.222. The number of carbonyl (C=O) groups excluding carboxylic acids is 1. The van der Waals surface area contributed by atoms with Gasteiger partial charge >= 0.3 is 6.03 Å². The zero-order chi connectivity index (χ0) is 16.7. The molecule has 0 fully saturated rings. The number of anilines is 1. The third-order valence-electron chi connectivity index (χ3n) is 4.24. The second-order valence-corrected chi connectivity index (χ2v) is 5.96. The molecule has 3 aromatic rings. The van der Waals surface area contributed by atoms with E-state index in [1.165, 1.54) is 0 Å². The van der Waals surface area contributed by atoms with E-state index in [0.29, 0.717) is 29.1 Å². The van der Waals surface area contributed by atoms with Crippen molar-refractivity contribution < 1.29 is 14.3 Å². The number of amides is 2. The summed E-state index contributed by atoms with van der Waals surface area (Å²) in [5.74, 6) is 0.581. The van der Waals surface area contributed by atoms with E-state index in [0.717, 1.165) is 11.1 Å². The average Bonchev–Trinajstić information content (AvgIpc) is 3.06. The highest BCUT2D eigenvalue weighted by Gasteiger charge is 2.31. The summed E-state index contributed by atoms with van der Waals surface area (Å²) in [6.45, 7) is 1.78. The molecule has 0 saturated carbocycles. The quantitative estimate of drug-likeness (QED) is 0.677. The van der Waals surface area contributed by atoms with Crippen LogP contribution in [0.25, 0.3) is 11.1 Å². The summed E-state index contributed by atoms with van der Waals surface area (Å²) in [6.07, 6.45) is -0.0699. The van der Waals surface area contributed by atoms with Crippen LogP contribution in [0.4, 0.5) is 10.5 Å². The lowest BCUT2D eigenvalue weighted by atomic mass is 10.1. The van der Waals surface area contributed by atoms with Crippen LogP contribution in [0.3, 0.4) is 0 Å². The summed E-state index contributed by atoms with van der Waals surface area (Å²) in [5.41, 5.74) is 4.02. The SMILES string of the molecule is Cc1nc2cc(NC(=O)N[C@@H]3c4ccccc4C[C@@H]3O)ccc2o1. The summed E-state index contributed by atoms with van der Waals surface area (Å²) >= 11 is 0. The summed E-state index contributed by atoms with van der Waals surface area (Å²) < 4.78 is 5.42. The standard InChI is InChI=1S/C18H17N3O3/c1-10-19-14-9-12(6-7-16(14)24-10)20-18(23)21-17-13-5-3-2-4-11(13)8-15(17)22/h2-7,9,15,17,22H,8H2,1H3,(H2,20,21,23)/t15-,17+/m0/s1. The first-order valence-corrected chi connectivity index (χ1v) is 7.81. The van der Waals surface area contributed by atoms with Gasteiger partial charge in [-0.15, -0.1) is 0 Å². The van der Waals surface area contributed by atoms with E-state index in [1.54, 1.807) is 25.1 Å². The first-order chi connectivity index (χ1) is 11.6. The van der Waals surface area contributed by atoms with Crippen molar-refractivity contribution in [2.45, 2.75) is 25.5 Å². The fourth-order valence-corrected chi connectivity index (χ4v) is 3.18. The molecular weight excluding hydrogens is 306 g/mol. The first kappa shape index (κ1) is 14.7. The molecular formula is C18H17N3O3. The van der Waals surface area contributed by atoms with Gasteiger partial charge in [0.2, 0.25) is 0 Å². The van der Waals surface area contributed by atoms with Crippen LogP contribution < -0.4 is 10.6 Å². The molecule has 1 aliphatic carbocycles. The lowest BCUT2D eigenvalue weighted by Crippen LogP contribution is -2.36. The number of benzene rings is 2. The molecule has 6 nitrogen and oxygen atoms in total. The minimum atomic E-state index is -0.617. The molecule has 3 N–H and O–H groups in total. The zero-order valence-electron chi connectivity index (χ0n) is 13.1. The number of aliphatic hydroxyl groups is 1. The summed E-state index contributed by atoms with van der Waals surface area (Å²) in [7, 11) is 0. The Morgan fingerprint density at radius 1 is 1.29 bits per heavy atom. The number of aromatic nitrogens is 1. The van der Waals surface area contributed by atoms with Crippen LogP contribution in [0, 0.1) is 6.92 Å². The van der Waals surface area contributed by atoms with Crippen LogP contribution in [-0.4, -0.2) is 22.2 Å². The van der Waals surface area contributed by atoms with E-state index >= 15 is 0 Å². The molecule has 0 aliphatic heterocycles. The maximum Gasteiger partial charge on any atom is 0.319 e. The maximum atomic E-state index is 12.3. The lowest BCUT2D eigenvalue weighted by molar-refractivity contribution is 0.144. The predicted molar refractivity (Wildman–Crippen MR) is 89.8 cm³/mol. The van der Waals surface area contributed by atoms with Gasteiger partial charge in [-0.05, 0) is 29.3 Å². The van der Waals surface area contributed by atoms with E-state index in [-0.39, 0.29) is 6.03 Å². The topological polar surface area (TPSA) is 87.4 Å². The monoisotopic (exact) mass is 323 g/mol. The second-order valence-electron chi connectivity index (χ2n) is 5.96. The molecule has 2 atom stereocenters. The van der Waals surface area contributed by atoms with Crippen LogP contribution >= 0.6 is 0 Å². The smallest absolute Gasteiger partial charge is 0.319 e. The number of rotatable bonds is 2. The lowest BCUT2D eigenvalue weighted by Gasteiger charge is -2.18. The van der Waals surface area contributed by atoms with E-state index in [4.69, 9.17) is 4.42 Å². The molecule has 1 aromatic heterocycles. The van der Waals surface area contributed by atoms with Gasteiger partial charge in [-0.2, -0.15) is 0 Å². The number of oxazole rings is 1. The molecule has 2 aromatic carbocycles. The van der Waals surface area contributed by atoms with Crippen molar-refractivity contribution in [3.63, 3.8) is 0 Å². The van der Waals surface area contributed by atoms with Crippen LogP contribution in [0.5, 0.6) is 0 Å². The number of fused-ring (bicyclic) bond motifs is 2. The molecule has 0 unspecified atom stereocenters. The molecule has 1 aliphatic rings. The minimum absolute atomic E-state index is 0.365. The van der Waals surface area contributed by atoms with Crippen molar-refractivity contribution in [2.75, 3.05) is 5.32 Å². The average molecular weight is 323 g/mol. The van der Waals surface area contributed by atoms with Crippen LogP contribution in [-0.2, 0) is 6.42 Å². The van der Waals surface area contributed by atoms with E-state index in [1.807, 2.05) is 24.3 Å². The number of hydrogen-bond acceptors (Lipinski definition) is 4. The largest absolute Gasteiger partial charge is 0.441 e. The highest BCUT2D eigenvalue weighted by atomic mass is 16.3. The van der Waals surface area contributed by atoms with E-state index < -0.39 is 12.1 Å². The van der Waals surface area contributed by atoms with Crippen LogP contribution in [0.2, 0.25) is 0 Å². The Kier molecular flexibility index (Phi) is 3.46. The van der Waals surface area contributed by atoms with Gasteiger partial charge in [0.15, 0.2) is 11.5 Å². The number of aliphatic hydroxyl groups excluding tert-OH is 1. The highest BCUT2D eigenvalue weighted by Crippen LogP contribution is 2.31. The normalized spacial score (nSPS) is 19.2. The molecule has 0 saturated heterocycles. The van der Waals surface area contributed by atoms with E-state index in [9.17, 15) is 9.90 Å². The number of urea groups is 1. The van der Waals surface area contributed by atoms with Crippen molar-refractivity contribution in [1.82, 2.24) is 10.3 Å². The van der Waals surface area contributed by atoms with Crippen LogP contribution in [0.15, 0.2) is 46.9 Å². The van der Waals surface area contributed by atoms with Crippen molar-refractivity contribution in [1.29, 1.82) is 0 Å². The van der Waals surface area contributed by atoms with Gasteiger partial charge in [-0.3, -0.25) is 0 Å². The Morgan fingerprint density at radius 3 is 3.00 bits per heavy atom.